The number of fused-ring (bicyclic) bond motifs is 1. The zero-order chi connectivity index (χ0) is 13.7. The lowest BCUT2D eigenvalue weighted by Gasteiger charge is -2.21. The number of nitrogens with two attached hydrogens (primary N) is 1. The summed E-state index contributed by atoms with van der Waals surface area (Å²) in [6.45, 7) is 1.95. The van der Waals surface area contributed by atoms with E-state index in [-0.39, 0.29) is 5.91 Å². The summed E-state index contributed by atoms with van der Waals surface area (Å²) in [6, 6.07) is 5.63. The van der Waals surface area contributed by atoms with Crippen LogP contribution >= 0.6 is 0 Å². The van der Waals surface area contributed by atoms with Gasteiger partial charge in [-0.2, -0.15) is 5.10 Å². The standard InChI is InChI=1S/C13H18N4O2/c1-19-9-8-16(7-5-14)13(18)11-10-15-17-6-3-2-4-12(11)17/h2-4,6,10H,5,7-9,14H2,1H3. The zero-order valence-electron chi connectivity index (χ0n) is 11.0. The number of ether oxygens (including phenoxy) is 1. The number of carbonyl (C=O) groups excluding carboxylic acids is 1. The predicted molar refractivity (Wildman–Crippen MR) is 72.0 cm³/mol. The van der Waals surface area contributed by atoms with Gasteiger partial charge in [0.1, 0.15) is 0 Å². The van der Waals surface area contributed by atoms with Crippen molar-refractivity contribution in [3.8, 4) is 0 Å². The number of aromatic nitrogens is 2. The molecule has 19 heavy (non-hydrogen) atoms. The Morgan fingerprint density at radius 2 is 2.32 bits per heavy atom. The van der Waals surface area contributed by atoms with Gasteiger partial charge in [-0.05, 0) is 12.1 Å². The van der Waals surface area contributed by atoms with E-state index in [2.05, 4.69) is 5.10 Å². The predicted octanol–water partition coefficient (Wildman–Crippen LogP) is 0.382. The second kappa shape index (κ2) is 6.31. The van der Waals surface area contributed by atoms with Gasteiger partial charge >= 0.3 is 0 Å². The molecule has 0 saturated heterocycles. The summed E-state index contributed by atoms with van der Waals surface area (Å²) in [5, 5.41) is 4.17. The molecule has 0 aliphatic carbocycles. The number of carbonyl (C=O) groups is 1. The third-order valence-corrected chi connectivity index (χ3v) is 2.91. The van der Waals surface area contributed by atoms with E-state index in [9.17, 15) is 4.79 Å². The van der Waals surface area contributed by atoms with Gasteiger partial charge in [-0.1, -0.05) is 6.07 Å². The van der Waals surface area contributed by atoms with Crippen LogP contribution < -0.4 is 5.73 Å². The van der Waals surface area contributed by atoms with E-state index in [4.69, 9.17) is 10.5 Å². The van der Waals surface area contributed by atoms with E-state index in [1.807, 2.05) is 24.4 Å². The fourth-order valence-corrected chi connectivity index (χ4v) is 1.94. The third kappa shape index (κ3) is 2.91. The van der Waals surface area contributed by atoms with Gasteiger partial charge in [-0.15, -0.1) is 0 Å². The second-order valence-electron chi connectivity index (χ2n) is 4.16. The molecule has 0 bridgehead atoms. The molecule has 0 spiro atoms. The van der Waals surface area contributed by atoms with Crippen LogP contribution in [0, 0.1) is 0 Å². The SMILES string of the molecule is COCCN(CCN)C(=O)c1cnn2ccccc12. The molecule has 2 rings (SSSR count). The van der Waals surface area contributed by atoms with Crippen LogP contribution in [0.4, 0.5) is 0 Å². The molecule has 2 aromatic heterocycles. The minimum Gasteiger partial charge on any atom is -0.383 e. The highest BCUT2D eigenvalue weighted by molar-refractivity contribution is 6.00. The van der Waals surface area contributed by atoms with Gasteiger partial charge in [0.05, 0.1) is 23.9 Å². The van der Waals surface area contributed by atoms with Crippen molar-refractivity contribution >= 4 is 11.4 Å². The Kier molecular flexibility index (Phi) is 4.48. The highest BCUT2D eigenvalue weighted by atomic mass is 16.5. The molecule has 1 amide bonds. The summed E-state index contributed by atoms with van der Waals surface area (Å²) in [6.07, 6.45) is 3.41. The van der Waals surface area contributed by atoms with Crippen molar-refractivity contribution in [1.82, 2.24) is 14.5 Å². The lowest BCUT2D eigenvalue weighted by atomic mass is 10.2. The minimum atomic E-state index is -0.0660. The van der Waals surface area contributed by atoms with Crippen molar-refractivity contribution in [3.05, 3.63) is 36.2 Å². The molecule has 6 nitrogen and oxygen atoms in total. The highest BCUT2D eigenvalue weighted by Gasteiger charge is 2.18. The van der Waals surface area contributed by atoms with Crippen LogP contribution in [-0.2, 0) is 4.74 Å². The fraction of sp³-hybridized carbons (Fsp3) is 0.385. The van der Waals surface area contributed by atoms with Gasteiger partial charge < -0.3 is 15.4 Å². The lowest BCUT2D eigenvalue weighted by Crippen LogP contribution is -2.37. The number of methoxy groups -OCH3 is 1. The molecule has 0 atom stereocenters. The summed E-state index contributed by atoms with van der Waals surface area (Å²) < 4.78 is 6.70. The number of hydrogen-bond donors (Lipinski definition) is 1. The largest absolute Gasteiger partial charge is 0.383 e. The first-order valence-electron chi connectivity index (χ1n) is 6.18. The number of rotatable bonds is 6. The molecule has 0 saturated carbocycles. The monoisotopic (exact) mass is 262 g/mol. The lowest BCUT2D eigenvalue weighted by molar-refractivity contribution is 0.0703. The zero-order valence-corrected chi connectivity index (χ0v) is 11.0. The number of hydrogen-bond acceptors (Lipinski definition) is 4. The highest BCUT2D eigenvalue weighted by Crippen LogP contribution is 2.12. The number of pyridine rings is 1. The first kappa shape index (κ1) is 13.5. The second-order valence-corrected chi connectivity index (χ2v) is 4.16. The van der Waals surface area contributed by atoms with Crippen molar-refractivity contribution in [1.29, 1.82) is 0 Å². The van der Waals surface area contributed by atoms with Crippen LogP contribution in [0.5, 0.6) is 0 Å². The topological polar surface area (TPSA) is 72.9 Å². The van der Waals surface area contributed by atoms with Crippen LogP contribution in [0.3, 0.4) is 0 Å². The molecule has 0 aliphatic heterocycles. The molecule has 2 aromatic rings. The van der Waals surface area contributed by atoms with E-state index in [1.54, 1.807) is 22.7 Å². The van der Waals surface area contributed by atoms with Gasteiger partial charge in [0.25, 0.3) is 5.91 Å². The molecule has 0 aromatic carbocycles. The molecule has 0 unspecified atom stereocenters. The van der Waals surface area contributed by atoms with Crippen molar-refractivity contribution in [2.75, 3.05) is 33.4 Å². The van der Waals surface area contributed by atoms with E-state index >= 15 is 0 Å². The summed E-state index contributed by atoms with van der Waals surface area (Å²) in [7, 11) is 1.61. The van der Waals surface area contributed by atoms with Crippen LogP contribution in [-0.4, -0.2) is 53.8 Å². The van der Waals surface area contributed by atoms with Crippen molar-refractivity contribution in [2.24, 2.45) is 5.73 Å². The average Bonchev–Trinajstić information content (AvgIpc) is 2.86. The summed E-state index contributed by atoms with van der Waals surface area (Å²) >= 11 is 0. The summed E-state index contributed by atoms with van der Waals surface area (Å²) in [5.41, 5.74) is 6.94. The molecule has 2 heterocycles. The van der Waals surface area contributed by atoms with E-state index in [0.717, 1.165) is 5.52 Å². The van der Waals surface area contributed by atoms with Crippen LogP contribution in [0.15, 0.2) is 30.6 Å². The average molecular weight is 262 g/mol. The quantitative estimate of drug-likeness (QED) is 0.817. The molecule has 0 fully saturated rings. The van der Waals surface area contributed by atoms with E-state index in [1.165, 1.54) is 0 Å². The van der Waals surface area contributed by atoms with Crippen LogP contribution in [0.25, 0.3) is 5.52 Å². The molecule has 6 heteroatoms. The van der Waals surface area contributed by atoms with Crippen molar-refractivity contribution in [2.45, 2.75) is 0 Å². The van der Waals surface area contributed by atoms with Gasteiger partial charge in [-0.25, -0.2) is 4.52 Å². The maximum absolute atomic E-state index is 12.5. The Labute approximate surface area is 111 Å². The van der Waals surface area contributed by atoms with Crippen LogP contribution in [0.2, 0.25) is 0 Å². The maximum atomic E-state index is 12.5. The van der Waals surface area contributed by atoms with Gasteiger partial charge in [-0.3, -0.25) is 4.79 Å². The Morgan fingerprint density at radius 3 is 3.05 bits per heavy atom. The molecule has 0 aliphatic rings. The van der Waals surface area contributed by atoms with Crippen molar-refractivity contribution < 1.29 is 9.53 Å². The fourth-order valence-electron chi connectivity index (χ4n) is 1.94. The van der Waals surface area contributed by atoms with Crippen LogP contribution in [0.1, 0.15) is 10.4 Å². The minimum absolute atomic E-state index is 0.0660. The first-order valence-corrected chi connectivity index (χ1v) is 6.18. The molecular formula is C13H18N4O2. The van der Waals surface area contributed by atoms with Gasteiger partial charge in [0.2, 0.25) is 0 Å². The molecule has 2 N–H and O–H groups in total. The molecule has 102 valence electrons. The Bertz CT molecular complexity index is 552. The summed E-state index contributed by atoms with van der Waals surface area (Å²) in [5.74, 6) is -0.0660. The smallest absolute Gasteiger partial charge is 0.257 e. The van der Waals surface area contributed by atoms with Gasteiger partial charge in [0, 0.05) is 32.9 Å². The van der Waals surface area contributed by atoms with Crippen molar-refractivity contribution in [3.63, 3.8) is 0 Å². The summed E-state index contributed by atoms with van der Waals surface area (Å²) in [4.78, 5) is 14.2. The Morgan fingerprint density at radius 1 is 1.47 bits per heavy atom. The van der Waals surface area contributed by atoms with E-state index < -0.39 is 0 Å². The third-order valence-electron chi connectivity index (χ3n) is 2.91. The van der Waals surface area contributed by atoms with E-state index in [0.29, 0.717) is 31.8 Å². The number of amides is 1. The Hall–Kier alpha value is -1.92. The molecule has 0 radical (unpaired) electrons. The molecular weight excluding hydrogens is 244 g/mol. The number of nitrogens with zero attached hydrogens (tertiary/aromatic N) is 3. The van der Waals surface area contributed by atoms with Gasteiger partial charge in [0.15, 0.2) is 0 Å². The normalized spacial score (nSPS) is 10.8. The maximum Gasteiger partial charge on any atom is 0.257 e. The Balaban J connectivity index is 2.25. The first-order chi connectivity index (χ1) is 9.27.